The maximum Gasteiger partial charge on any atom is 0.279 e. The molecule has 0 bridgehead atoms. The van der Waals surface area contributed by atoms with Crippen molar-refractivity contribution in [3.63, 3.8) is 0 Å². The Morgan fingerprint density at radius 3 is 2.24 bits per heavy atom. The Morgan fingerprint density at radius 1 is 1.18 bits per heavy atom. The van der Waals surface area contributed by atoms with Gasteiger partial charge in [-0.15, -0.1) is 12.4 Å². The van der Waals surface area contributed by atoms with Gasteiger partial charge in [0.1, 0.15) is 0 Å². The molecule has 0 saturated carbocycles. The summed E-state index contributed by atoms with van der Waals surface area (Å²) in [5.74, 6) is 0. The van der Waals surface area contributed by atoms with Gasteiger partial charge in [0, 0.05) is 18.6 Å². The number of rotatable bonds is 3. The summed E-state index contributed by atoms with van der Waals surface area (Å²) in [5.41, 5.74) is -0.271. The molecule has 0 atom stereocenters. The fourth-order valence-corrected chi connectivity index (χ4v) is 4.08. The van der Waals surface area contributed by atoms with E-state index in [-0.39, 0.29) is 17.9 Å². The average Bonchev–Trinajstić information content (AvgIpc) is 2.70. The molecule has 0 unspecified atom stereocenters. The number of nitrogens with one attached hydrogen (secondary N) is 2. The van der Waals surface area contributed by atoms with Crippen LogP contribution < -0.4 is 10.0 Å². The summed E-state index contributed by atoms with van der Waals surface area (Å²) in [6, 6.07) is 0. The van der Waals surface area contributed by atoms with Gasteiger partial charge >= 0.3 is 0 Å². The molecule has 2 aliphatic rings. The summed E-state index contributed by atoms with van der Waals surface area (Å²) in [5, 5.41) is 3.25. The molecule has 0 aromatic carbocycles. The van der Waals surface area contributed by atoms with Gasteiger partial charge in [0.2, 0.25) is 0 Å². The van der Waals surface area contributed by atoms with E-state index in [1.54, 1.807) is 4.31 Å². The first kappa shape index (κ1) is 15.2. The summed E-state index contributed by atoms with van der Waals surface area (Å²) < 4.78 is 28.6. The molecule has 0 spiro atoms. The molecule has 5 nitrogen and oxygen atoms in total. The first-order valence-corrected chi connectivity index (χ1v) is 7.46. The van der Waals surface area contributed by atoms with Crippen molar-refractivity contribution in [3.05, 3.63) is 0 Å². The largest absolute Gasteiger partial charge is 0.317 e. The van der Waals surface area contributed by atoms with Crippen LogP contribution in [0.1, 0.15) is 32.6 Å². The molecule has 2 fully saturated rings. The minimum atomic E-state index is -3.26. The first-order chi connectivity index (χ1) is 7.52. The van der Waals surface area contributed by atoms with Crippen molar-refractivity contribution in [2.24, 2.45) is 0 Å². The number of hydrogen-bond acceptors (Lipinski definition) is 3. The molecular formula is C10H22ClN3O2S. The number of halogens is 1. The Morgan fingerprint density at radius 2 is 1.71 bits per heavy atom. The van der Waals surface area contributed by atoms with E-state index in [9.17, 15) is 8.42 Å². The Balaban J connectivity index is 0.00000144. The number of hydrogen-bond donors (Lipinski definition) is 2. The minimum Gasteiger partial charge on any atom is -0.317 e. The van der Waals surface area contributed by atoms with Crippen LogP contribution in [-0.4, -0.2) is 44.4 Å². The Kier molecular flexibility index (Phi) is 5.21. The molecule has 2 heterocycles. The van der Waals surface area contributed by atoms with Crippen LogP contribution in [-0.2, 0) is 10.2 Å². The van der Waals surface area contributed by atoms with E-state index in [0.717, 1.165) is 38.8 Å². The molecule has 0 amide bonds. The highest BCUT2D eigenvalue weighted by molar-refractivity contribution is 7.87. The molecule has 0 aromatic rings. The van der Waals surface area contributed by atoms with Crippen LogP contribution >= 0.6 is 12.4 Å². The highest BCUT2D eigenvalue weighted by atomic mass is 35.5. The van der Waals surface area contributed by atoms with Crippen LogP contribution in [0.15, 0.2) is 0 Å². The summed E-state index contributed by atoms with van der Waals surface area (Å²) in [6.07, 6.45) is 3.69. The van der Waals surface area contributed by atoms with Crippen LogP contribution in [0.25, 0.3) is 0 Å². The molecule has 2 saturated heterocycles. The predicted octanol–water partition coefficient (Wildman–Crippen LogP) is 0.480. The lowest BCUT2D eigenvalue weighted by Gasteiger charge is -2.35. The van der Waals surface area contributed by atoms with E-state index in [1.807, 2.05) is 6.92 Å². The van der Waals surface area contributed by atoms with Crippen molar-refractivity contribution in [1.29, 1.82) is 0 Å². The van der Waals surface area contributed by atoms with Crippen molar-refractivity contribution in [2.75, 3.05) is 26.2 Å². The standard InChI is InChI=1S/C10H21N3O2S.ClH/c1-10(4-6-11-7-5-10)12-16(14,15)13-8-2-3-9-13;/h11-12H,2-9H2,1H3;1H. The van der Waals surface area contributed by atoms with Gasteiger partial charge in [0.05, 0.1) is 0 Å². The van der Waals surface area contributed by atoms with E-state index >= 15 is 0 Å². The van der Waals surface area contributed by atoms with E-state index in [0.29, 0.717) is 13.1 Å². The number of piperidine rings is 1. The van der Waals surface area contributed by atoms with Crippen molar-refractivity contribution < 1.29 is 8.42 Å². The molecule has 0 aromatic heterocycles. The van der Waals surface area contributed by atoms with Crippen molar-refractivity contribution in [3.8, 4) is 0 Å². The third-order valence-electron chi connectivity index (χ3n) is 3.49. The van der Waals surface area contributed by atoms with Gasteiger partial charge < -0.3 is 5.32 Å². The van der Waals surface area contributed by atoms with E-state index in [1.165, 1.54) is 0 Å². The second kappa shape index (κ2) is 5.84. The maximum atomic E-state index is 12.1. The minimum absolute atomic E-state index is 0. The summed E-state index contributed by atoms with van der Waals surface area (Å²) in [6.45, 7) is 5.12. The van der Waals surface area contributed by atoms with Crippen LogP contribution in [0.2, 0.25) is 0 Å². The zero-order chi connectivity index (χ0) is 11.6. The van der Waals surface area contributed by atoms with Gasteiger partial charge in [-0.3, -0.25) is 0 Å². The monoisotopic (exact) mass is 283 g/mol. The summed E-state index contributed by atoms with van der Waals surface area (Å²) in [7, 11) is -3.26. The first-order valence-electron chi connectivity index (χ1n) is 6.02. The van der Waals surface area contributed by atoms with Crippen molar-refractivity contribution in [1.82, 2.24) is 14.3 Å². The molecule has 2 aliphatic heterocycles. The molecule has 2 rings (SSSR count). The molecule has 7 heteroatoms. The molecule has 17 heavy (non-hydrogen) atoms. The molecular weight excluding hydrogens is 262 g/mol. The maximum absolute atomic E-state index is 12.1. The van der Waals surface area contributed by atoms with Crippen molar-refractivity contribution in [2.45, 2.75) is 38.1 Å². The quantitative estimate of drug-likeness (QED) is 0.792. The zero-order valence-electron chi connectivity index (χ0n) is 10.2. The highest BCUT2D eigenvalue weighted by Gasteiger charge is 2.35. The summed E-state index contributed by atoms with van der Waals surface area (Å²) in [4.78, 5) is 0. The second-order valence-corrected chi connectivity index (χ2v) is 6.69. The van der Waals surface area contributed by atoms with E-state index in [4.69, 9.17) is 0 Å². The fourth-order valence-electron chi connectivity index (χ4n) is 2.39. The zero-order valence-corrected chi connectivity index (χ0v) is 11.9. The molecule has 0 radical (unpaired) electrons. The highest BCUT2D eigenvalue weighted by Crippen LogP contribution is 2.21. The Bertz CT molecular complexity index is 335. The SMILES string of the molecule is CC1(NS(=O)(=O)N2CCCC2)CCNCC1.Cl. The van der Waals surface area contributed by atoms with E-state index < -0.39 is 10.2 Å². The predicted molar refractivity (Wildman–Crippen MR) is 70.6 cm³/mol. The van der Waals surface area contributed by atoms with Crippen LogP contribution in [0.3, 0.4) is 0 Å². The second-order valence-electron chi connectivity index (χ2n) is 5.02. The van der Waals surface area contributed by atoms with Gasteiger partial charge in [-0.25, -0.2) is 0 Å². The van der Waals surface area contributed by atoms with Crippen LogP contribution in [0.5, 0.6) is 0 Å². The van der Waals surface area contributed by atoms with Gasteiger partial charge in [-0.1, -0.05) is 0 Å². The average molecular weight is 284 g/mol. The fraction of sp³-hybridized carbons (Fsp3) is 1.00. The molecule has 0 aliphatic carbocycles. The Labute approximate surface area is 110 Å². The lowest BCUT2D eigenvalue weighted by molar-refractivity contribution is 0.299. The number of nitrogens with zero attached hydrogens (tertiary/aromatic N) is 1. The smallest absolute Gasteiger partial charge is 0.279 e. The van der Waals surface area contributed by atoms with E-state index in [2.05, 4.69) is 10.0 Å². The molecule has 102 valence electrons. The third-order valence-corrected chi connectivity index (χ3v) is 5.28. The van der Waals surface area contributed by atoms with Gasteiger partial charge in [-0.05, 0) is 45.7 Å². The van der Waals surface area contributed by atoms with Crippen LogP contribution in [0, 0.1) is 0 Å². The lowest BCUT2D eigenvalue weighted by atomic mass is 9.92. The lowest BCUT2D eigenvalue weighted by Crippen LogP contribution is -2.55. The molecule has 2 N–H and O–H groups in total. The third kappa shape index (κ3) is 3.79. The summed E-state index contributed by atoms with van der Waals surface area (Å²) >= 11 is 0. The topological polar surface area (TPSA) is 61.4 Å². The van der Waals surface area contributed by atoms with Gasteiger partial charge in [-0.2, -0.15) is 17.4 Å². The van der Waals surface area contributed by atoms with Gasteiger partial charge in [0.15, 0.2) is 0 Å². The van der Waals surface area contributed by atoms with Crippen molar-refractivity contribution >= 4 is 22.6 Å². The van der Waals surface area contributed by atoms with Gasteiger partial charge in [0.25, 0.3) is 10.2 Å². The normalized spacial score (nSPS) is 25.5. The Hall–Kier alpha value is 0.120. The van der Waals surface area contributed by atoms with Crippen LogP contribution in [0.4, 0.5) is 0 Å².